The molecular weight excluding hydrogens is 300 g/mol. The second kappa shape index (κ2) is 5.38. The van der Waals surface area contributed by atoms with Crippen LogP contribution >= 0.6 is 11.3 Å². The van der Waals surface area contributed by atoms with E-state index in [2.05, 4.69) is 4.98 Å². The Morgan fingerprint density at radius 2 is 2.09 bits per heavy atom. The summed E-state index contributed by atoms with van der Waals surface area (Å²) in [6, 6.07) is 8.45. The highest BCUT2D eigenvalue weighted by atomic mass is 32.1. The van der Waals surface area contributed by atoms with Gasteiger partial charge in [-0.1, -0.05) is 12.1 Å². The fraction of sp³-hybridized carbons (Fsp3) is 0.188. The number of carbonyl (C=O) groups is 1. The van der Waals surface area contributed by atoms with E-state index in [1.165, 1.54) is 17.4 Å². The number of aryl methyl sites for hydroxylation is 2. The van der Waals surface area contributed by atoms with Crippen LogP contribution in [0, 0.1) is 13.8 Å². The minimum atomic E-state index is -0.979. The Morgan fingerprint density at radius 1 is 1.32 bits per heavy atom. The van der Waals surface area contributed by atoms with Crippen molar-refractivity contribution < 1.29 is 9.90 Å². The molecule has 0 saturated heterocycles. The smallest absolute Gasteiger partial charge is 0.335 e. The van der Waals surface area contributed by atoms with E-state index in [0.717, 1.165) is 15.3 Å². The van der Waals surface area contributed by atoms with Gasteiger partial charge < -0.3 is 5.11 Å². The first-order chi connectivity index (χ1) is 10.5. The summed E-state index contributed by atoms with van der Waals surface area (Å²) in [4.78, 5) is 29.9. The summed E-state index contributed by atoms with van der Waals surface area (Å²) < 4.78 is 1.58. The lowest BCUT2D eigenvalue weighted by Gasteiger charge is -2.10. The van der Waals surface area contributed by atoms with Crippen molar-refractivity contribution in [3.63, 3.8) is 0 Å². The van der Waals surface area contributed by atoms with E-state index in [0.29, 0.717) is 17.8 Å². The van der Waals surface area contributed by atoms with Gasteiger partial charge in [0.1, 0.15) is 10.7 Å². The van der Waals surface area contributed by atoms with Crippen molar-refractivity contribution in [3.05, 3.63) is 62.5 Å². The Kier molecular flexibility index (Phi) is 3.54. The Bertz CT molecular complexity index is 940. The van der Waals surface area contributed by atoms with Crippen molar-refractivity contribution in [3.8, 4) is 0 Å². The van der Waals surface area contributed by atoms with Gasteiger partial charge in [0.15, 0.2) is 0 Å². The van der Waals surface area contributed by atoms with Crippen LogP contribution in [0.2, 0.25) is 0 Å². The molecule has 2 aromatic heterocycles. The number of rotatable bonds is 3. The van der Waals surface area contributed by atoms with Crippen LogP contribution < -0.4 is 5.56 Å². The molecule has 3 rings (SSSR count). The highest BCUT2D eigenvalue weighted by Gasteiger charge is 2.12. The number of carboxylic acids is 1. The molecule has 0 unspecified atom stereocenters. The molecule has 0 aliphatic carbocycles. The number of fused-ring (bicyclic) bond motifs is 1. The summed E-state index contributed by atoms with van der Waals surface area (Å²) in [6.07, 6.45) is 0. The van der Waals surface area contributed by atoms with Gasteiger partial charge >= 0.3 is 5.97 Å². The fourth-order valence-electron chi connectivity index (χ4n) is 2.41. The highest BCUT2D eigenvalue weighted by molar-refractivity contribution is 7.18. The third-order valence-electron chi connectivity index (χ3n) is 3.48. The van der Waals surface area contributed by atoms with Crippen LogP contribution in [0.15, 0.2) is 35.1 Å². The molecule has 0 saturated carbocycles. The number of thiophene rings is 1. The average Bonchev–Trinajstić information content (AvgIpc) is 2.84. The van der Waals surface area contributed by atoms with Gasteiger partial charge in [-0.2, -0.15) is 0 Å². The highest BCUT2D eigenvalue weighted by Crippen LogP contribution is 2.20. The molecule has 0 fully saturated rings. The minimum absolute atomic E-state index is 0.0902. The summed E-state index contributed by atoms with van der Waals surface area (Å²) >= 11 is 1.50. The summed E-state index contributed by atoms with van der Waals surface area (Å²) in [5.74, 6) is -0.354. The van der Waals surface area contributed by atoms with Crippen LogP contribution in [-0.2, 0) is 6.54 Å². The molecule has 1 N–H and O–H groups in total. The Hall–Kier alpha value is -2.47. The molecule has 0 bridgehead atoms. The summed E-state index contributed by atoms with van der Waals surface area (Å²) in [5, 5.41) is 9.66. The lowest BCUT2D eigenvalue weighted by molar-refractivity contribution is 0.0696. The van der Waals surface area contributed by atoms with Gasteiger partial charge in [0.05, 0.1) is 17.5 Å². The van der Waals surface area contributed by atoms with Crippen LogP contribution in [0.1, 0.15) is 26.6 Å². The van der Waals surface area contributed by atoms with Crippen molar-refractivity contribution >= 4 is 27.5 Å². The van der Waals surface area contributed by atoms with Gasteiger partial charge in [-0.25, -0.2) is 9.78 Å². The number of carboxylic acid groups (broad SMARTS) is 1. The topological polar surface area (TPSA) is 72.2 Å². The molecule has 6 heteroatoms. The van der Waals surface area contributed by atoms with E-state index in [-0.39, 0.29) is 11.1 Å². The molecule has 0 aliphatic heterocycles. The molecule has 22 heavy (non-hydrogen) atoms. The van der Waals surface area contributed by atoms with E-state index in [1.807, 2.05) is 13.0 Å². The van der Waals surface area contributed by atoms with E-state index >= 15 is 0 Å². The standard InChI is InChI=1S/C16H14N2O3S/c1-9-6-13-14(22-9)17-10(2)18(15(13)19)8-11-4-3-5-12(7-11)16(20)21/h3-7H,8H2,1-2H3,(H,20,21). The SMILES string of the molecule is Cc1cc2c(=O)n(Cc3cccc(C(=O)O)c3)c(C)nc2s1. The lowest BCUT2D eigenvalue weighted by Crippen LogP contribution is -2.24. The predicted octanol–water partition coefficient (Wildman–Crippen LogP) is 2.82. The average molecular weight is 314 g/mol. The maximum absolute atomic E-state index is 12.6. The van der Waals surface area contributed by atoms with E-state index < -0.39 is 5.97 Å². The monoisotopic (exact) mass is 314 g/mol. The fourth-order valence-corrected chi connectivity index (χ4v) is 3.33. The number of aromatic nitrogens is 2. The zero-order valence-corrected chi connectivity index (χ0v) is 13.0. The van der Waals surface area contributed by atoms with Gasteiger partial charge in [-0.05, 0) is 37.6 Å². The third kappa shape index (κ3) is 2.53. The number of benzene rings is 1. The molecule has 3 aromatic rings. The Labute approximate surface area is 130 Å². The van der Waals surface area contributed by atoms with Crippen LogP contribution in [0.25, 0.3) is 10.2 Å². The number of aromatic carboxylic acids is 1. The van der Waals surface area contributed by atoms with Gasteiger partial charge in [-0.3, -0.25) is 9.36 Å². The third-order valence-corrected chi connectivity index (χ3v) is 4.42. The van der Waals surface area contributed by atoms with Crippen LogP contribution in [0.5, 0.6) is 0 Å². The van der Waals surface area contributed by atoms with Gasteiger partial charge in [0.25, 0.3) is 5.56 Å². The summed E-state index contributed by atoms with van der Waals surface area (Å²) in [5.41, 5.74) is 0.884. The van der Waals surface area contributed by atoms with Gasteiger partial charge in [-0.15, -0.1) is 11.3 Å². The number of hydrogen-bond donors (Lipinski definition) is 1. The lowest BCUT2D eigenvalue weighted by atomic mass is 10.1. The van der Waals surface area contributed by atoms with Crippen molar-refractivity contribution in [1.29, 1.82) is 0 Å². The molecule has 112 valence electrons. The molecule has 0 atom stereocenters. The second-order valence-corrected chi connectivity index (χ2v) is 6.37. The second-order valence-electron chi connectivity index (χ2n) is 5.13. The Morgan fingerprint density at radius 3 is 2.82 bits per heavy atom. The minimum Gasteiger partial charge on any atom is -0.478 e. The molecule has 0 radical (unpaired) electrons. The molecule has 5 nitrogen and oxygen atoms in total. The largest absolute Gasteiger partial charge is 0.478 e. The van der Waals surface area contributed by atoms with E-state index in [9.17, 15) is 9.59 Å². The maximum atomic E-state index is 12.6. The zero-order valence-electron chi connectivity index (χ0n) is 12.2. The molecule has 0 spiro atoms. The van der Waals surface area contributed by atoms with Crippen molar-refractivity contribution in [2.45, 2.75) is 20.4 Å². The zero-order chi connectivity index (χ0) is 15.9. The predicted molar refractivity (Wildman–Crippen MR) is 85.9 cm³/mol. The molecule has 2 heterocycles. The van der Waals surface area contributed by atoms with Crippen molar-refractivity contribution in [1.82, 2.24) is 9.55 Å². The van der Waals surface area contributed by atoms with Crippen LogP contribution in [0.4, 0.5) is 0 Å². The van der Waals surface area contributed by atoms with Crippen LogP contribution in [-0.4, -0.2) is 20.6 Å². The molecule has 1 aromatic carbocycles. The number of hydrogen-bond acceptors (Lipinski definition) is 4. The quantitative estimate of drug-likeness (QED) is 0.807. The summed E-state index contributed by atoms with van der Waals surface area (Å²) in [6.45, 7) is 4.04. The van der Waals surface area contributed by atoms with Crippen LogP contribution in [0.3, 0.4) is 0 Å². The molecular formula is C16H14N2O3S. The number of nitrogens with zero attached hydrogens (tertiary/aromatic N) is 2. The summed E-state index contributed by atoms with van der Waals surface area (Å²) in [7, 11) is 0. The molecule has 0 amide bonds. The van der Waals surface area contributed by atoms with Gasteiger partial charge in [0, 0.05) is 4.88 Å². The first-order valence-corrected chi connectivity index (χ1v) is 7.57. The normalized spacial score (nSPS) is 11.0. The van der Waals surface area contributed by atoms with E-state index in [1.54, 1.807) is 29.7 Å². The first kappa shape index (κ1) is 14.5. The first-order valence-electron chi connectivity index (χ1n) is 6.75. The van der Waals surface area contributed by atoms with Crippen molar-refractivity contribution in [2.75, 3.05) is 0 Å². The van der Waals surface area contributed by atoms with E-state index in [4.69, 9.17) is 5.11 Å². The van der Waals surface area contributed by atoms with Crippen molar-refractivity contribution in [2.24, 2.45) is 0 Å². The maximum Gasteiger partial charge on any atom is 0.335 e. The molecule has 0 aliphatic rings. The Balaban J connectivity index is 2.09. The van der Waals surface area contributed by atoms with Gasteiger partial charge in [0.2, 0.25) is 0 Å².